The monoisotopic (exact) mass is 478 g/mol. The molecule has 3 aromatic rings. The fraction of sp³-hybridized carbons (Fsp3) is 0.577. The van der Waals surface area contributed by atoms with Crippen molar-refractivity contribution in [2.45, 2.75) is 70.9 Å². The van der Waals surface area contributed by atoms with Gasteiger partial charge >= 0.3 is 5.97 Å². The Balaban J connectivity index is 1.54. The number of nitrogens with one attached hydrogen (secondary N) is 1. The number of hydrogen-bond donors (Lipinski definition) is 1. The Kier molecular flexibility index (Phi) is 6.95. The van der Waals surface area contributed by atoms with Crippen molar-refractivity contribution in [3.63, 3.8) is 0 Å². The summed E-state index contributed by atoms with van der Waals surface area (Å²) in [5.41, 5.74) is 2.44. The number of esters is 1. The third-order valence-electron chi connectivity index (χ3n) is 7.52. The van der Waals surface area contributed by atoms with E-state index in [1.807, 2.05) is 36.7 Å². The molecule has 0 amide bonds. The van der Waals surface area contributed by atoms with Crippen LogP contribution in [0.2, 0.25) is 0 Å². The lowest BCUT2D eigenvalue weighted by Crippen LogP contribution is -2.42. The number of ether oxygens (including phenoxy) is 1. The third-order valence-corrected chi connectivity index (χ3v) is 7.52. The van der Waals surface area contributed by atoms with Gasteiger partial charge in [-0.3, -0.25) is 14.5 Å². The second-order valence-corrected chi connectivity index (χ2v) is 9.88. The number of carbonyl (C=O) groups is 1. The van der Waals surface area contributed by atoms with Gasteiger partial charge in [0.1, 0.15) is 6.04 Å². The predicted octanol–water partition coefficient (Wildman–Crippen LogP) is 3.69. The number of rotatable bonds is 6. The van der Waals surface area contributed by atoms with Gasteiger partial charge in [-0.25, -0.2) is 4.68 Å². The standard InChI is InChI=1S/C26H34N6O3/c1-3-35-26(34)18-11-13-31(14-12-18)23(24-28-29-30-32(24)20-7-5-4-6-8-20)21-16-19-10-9-17(2)15-22(19)27-25(21)33/h9-10,15-16,18,20,23H,3-8,11-14H2,1-2H3,(H,27,33)/t23-/m0/s1. The summed E-state index contributed by atoms with van der Waals surface area (Å²) in [6, 6.07) is 7.93. The average Bonchev–Trinajstić information content (AvgIpc) is 3.35. The molecule has 1 atom stereocenters. The lowest BCUT2D eigenvalue weighted by atomic mass is 9.93. The van der Waals surface area contributed by atoms with Crippen LogP contribution in [0.25, 0.3) is 10.9 Å². The van der Waals surface area contributed by atoms with Gasteiger partial charge < -0.3 is 9.72 Å². The Bertz CT molecular complexity index is 1240. The first kappa shape index (κ1) is 23.7. The molecule has 1 saturated heterocycles. The molecule has 2 aromatic heterocycles. The highest BCUT2D eigenvalue weighted by atomic mass is 16.5. The zero-order chi connectivity index (χ0) is 24.4. The molecule has 1 aromatic carbocycles. The Morgan fingerprint density at radius 2 is 1.91 bits per heavy atom. The van der Waals surface area contributed by atoms with Crippen molar-refractivity contribution < 1.29 is 9.53 Å². The number of aromatic nitrogens is 5. The number of piperidine rings is 1. The van der Waals surface area contributed by atoms with E-state index in [1.165, 1.54) is 6.42 Å². The Hall–Kier alpha value is -3.07. The number of hydrogen-bond acceptors (Lipinski definition) is 7. The van der Waals surface area contributed by atoms with Gasteiger partial charge in [-0.05, 0) is 73.0 Å². The van der Waals surface area contributed by atoms with Gasteiger partial charge in [-0.15, -0.1) is 5.10 Å². The number of tetrazole rings is 1. The first-order valence-corrected chi connectivity index (χ1v) is 12.9. The lowest BCUT2D eigenvalue weighted by Gasteiger charge is -2.36. The Labute approximate surface area is 204 Å². The quantitative estimate of drug-likeness (QED) is 0.539. The molecule has 0 bridgehead atoms. The molecule has 1 aliphatic carbocycles. The number of H-pyrrole nitrogens is 1. The third kappa shape index (κ3) is 4.87. The number of benzene rings is 1. The maximum absolute atomic E-state index is 13.4. The number of aryl methyl sites for hydroxylation is 1. The molecule has 9 heteroatoms. The average molecular weight is 479 g/mol. The van der Waals surface area contributed by atoms with Gasteiger partial charge in [0.15, 0.2) is 5.82 Å². The second kappa shape index (κ2) is 10.3. The highest BCUT2D eigenvalue weighted by Gasteiger charge is 2.36. The van der Waals surface area contributed by atoms with Gasteiger partial charge in [0.05, 0.1) is 18.6 Å². The minimum Gasteiger partial charge on any atom is -0.466 e. The van der Waals surface area contributed by atoms with E-state index in [4.69, 9.17) is 4.74 Å². The first-order chi connectivity index (χ1) is 17.0. The number of likely N-dealkylation sites (tertiary alicyclic amines) is 1. The molecular weight excluding hydrogens is 444 g/mol. The molecule has 0 unspecified atom stereocenters. The number of pyridine rings is 1. The van der Waals surface area contributed by atoms with Crippen molar-refractivity contribution in [1.82, 2.24) is 30.1 Å². The molecule has 1 aliphatic heterocycles. The van der Waals surface area contributed by atoms with Crippen LogP contribution in [0.4, 0.5) is 0 Å². The normalized spacial score (nSPS) is 19.1. The molecule has 1 N–H and O–H groups in total. The number of aromatic amines is 1. The molecule has 5 rings (SSSR count). The van der Waals surface area contributed by atoms with E-state index >= 15 is 0 Å². The van der Waals surface area contributed by atoms with Gasteiger partial charge in [0, 0.05) is 24.2 Å². The number of carbonyl (C=O) groups excluding carboxylic acids is 1. The fourth-order valence-electron chi connectivity index (χ4n) is 5.65. The van der Waals surface area contributed by atoms with Gasteiger partial charge in [0.25, 0.3) is 5.56 Å². The van der Waals surface area contributed by atoms with Gasteiger partial charge in [-0.2, -0.15) is 0 Å². The summed E-state index contributed by atoms with van der Waals surface area (Å²) in [5, 5.41) is 13.9. The molecule has 2 aliphatic rings. The molecule has 9 nitrogen and oxygen atoms in total. The zero-order valence-electron chi connectivity index (χ0n) is 20.6. The molecule has 1 saturated carbocycles. The molecule has 0 spiro atoms. The Morgan fingerprint density at radius 1 is 1.14 bits per heavy atom. The largest absolute Gasteiger partial charge is 0.466 e. The van der Waals surface area contributed by atoms with Crippen LogP contribution in [0.15, 0.2) is 29.1 Å². The molecule has 35 heavy (non-hydrogen) atoms. The minimum atomic E-state index is -0.385. The van der Waals surface area contributed by atoms with Crippen LogP contribution in [0, 0.1) is 12.8 Å². The van der Waals surface area contributed by atoms with Crippen LogP contribution >= 0.6 is 0 Å². The predicted molar refractivity (Wildman–Crippen MR) is 132 cm³/mol. The van der Waals surface area contributed by atoms with Crippen LogP contribution in [0.5, 0.6) is 0 Å². The first-order valence-electron chi connectivity index (χ1n) is 12.9. The van der Waals surface area contributed by atoms with E-state index < -0.39 is 0 Å². The summed E-state index contributed by atoms with van der Waals surface area (Å²) < 4.78 is 7.22. The summed E-state index contributed by atoms with van der Waals surface area (Å²) in [5.74, 6) is 0.470. The van der Waals surface area contributed by atoms with Crippen LogP contribution in [-0.4, -0.2) is 55.8 Å². The number of fused-ring (bicyclic) bond motifs is 1. The lowest BCUT2D eigenvalue weighted by molar-refractivity contribution is -0.149. The van der Waals surface area contributed by atoms with Crippen molar-refractivity contribution in [3.05, 3.63) is 51.6 Å². The summed E-state index contributed by atoms with van der Waals surface area (Å²) in [4.78, 5) is 31.1. The molecular formula is C26H34N6O3. The van der Waals surface area contributed by atoms with Crippen molar-refractivity contribution in [2.75, 3.05) is 19.7 Å². The fourth-order valence-corrected chi connectivity index (χ4v) is 5.65. The van der Waals surface area contributed by atoms with Crippen LogP contribution in [-0.2, 0) is 9.53 Å². The van der Waals surface area contributed by atoms with Crippen molar-refractivity contribution in [3.8, 4) is 0 Å². The molecule has 3 heterocycles. The van der Waals surface area contributed by atoms with E-state index in [9.17, 15) is 9.59 Å². The maximum atomic E-state index is 13.4. The summed E-state index contributed by atoms with van der Waals surface area (Å²) in [6.07, 6.45) is 7.02. The van der Waals surface area contributed by atoms with Gasteiger partial charge in [0.2, 0.25) is 0 Å². The van der Waals surface area contributed by atoms with Gasteiger partial charge in [-0.1, -0.05) is 31.4 Å². The second-order valence-electron chi connectivity index (χ2n) is 9.88. The van der Waals surface area contributed by atoms with Crippen molar-refractivity contribution in [2.24, 2.45) is 5.92 Å². The van der Waals surface area contributed by atoms with E-state index in [1.54, 1.807) is 0 Å². The van der Waals surface area contributed by atoms with Crippen LogP contribution < -0.4 is 5.56 Å². The van der Waals surface area contributed by atoms with E-state index in [-0.39, 0.29) is 29.5 Å². The minimum absolute atomic E-state index is 0.112. The summed E-state index contributed by atoms with van der Waals surface area (Å²) in [6.45, 7) is 5.57. The van der Waals surface area contributed by atoms with Crippen molar-refractivity contribution >= 4 is 16.9 Å². The molecule has 2 fully saturated rings. The number of nitrogens with zero attached hydrogens (tertiary/aromatic N) is 5. The summed E-state index contributed by atoms with van der Waals surface area (Å²) in [7, 11) is 0. The Morgan fingerprint density at radius 3 is 2.66 bits per heavy atom. The van der Waals surface area contributed by atoms with E-state index in [2.05, 4.69) is 31.5 Å². The van der Waals surface area contributed by atoms with E-state index in [0.717, 1.165) is 42.1 Å². The SMILES string of the molecule is CCOC(=O)C1CCN([C@@H](c2cc3ccc(C)cc3[nH]c2=O)c2nnnn2C2CCCCC2)CC1. The van der Waals surface area contributed by atoms with Crippen LogP contribution in [0.3, 0.4) is 0 Å². The van der Waals surface area contributed by atoms with Crippen molar-refractivity contribution in [1.29, 1.82) is 0 Å². The summed E-state index contributed by atoms with van der Waals surface area (Å²) >= 11 is 0. The smallest absolute Gasteiger partial charge is 0.309 e. The van der Waals surface area contributed by atoms with E-state index in [0.29, 0.717) is 43.9 Å². The molecule has 0 radical (unpaired) electrons. The zero-order valence-corrected chi connectivity index (χ0v) is 20.6. The van der Waals surface area contributed by atoms with Crippen LogP contribution in [0.1, 0.15) is 80.9 Å². The highest BCUT2D eigenvalue weighted by molar-refractivity contribution is 5.79. The molecule has 186 valence electrons. The highest BCUT2D eigenvalue weighted by Crippen LogP contribution is 2.35. The topological polar surface area (TPSA) is 106 Å². The maximum Gasteiger partial charge on any atom is 0.309 e.